The fourth-order valence-electron chi connectivity index (χ4n) is 2.52. The van der Waals surface area contributed by atoms with Crippen molar-refractivity contribution in [3.05, 3.63) is 16.6 Å². The van der Waals surface area contributed by atoms with E-state index in [1.54, 1.807) is 22.4 Å². The van der Waals surface area contributed by atoms with Crippen molar-refractivity contribution in [3.8, 4) is 0 Å². The number of carbonyl (C=O) groups is 2. The molecule has 0 radical (unpaired) electrons. The molecule has 1 saturated heterocycles. The molecule has 1 N–H and O–H groups in total. The molecule has 102 valence electrons. The lowest BCUT2D eigenvalue weighted by Crippen LogP contribution is -2.59. The van der Waals surface area contributed by atoms with E-state index in [1.165, 1.54) is 0 Å². The van der Waals surface area contributed by atoms with Gasteiger partial charge in [0.1, 0.15) is 6.04 Å². The maximum absolute atomic E-state index is 12.4. The second-order valence-corrected chi connectivity index (χ2v) is 6.30. The van der Waals surface area contributed by atoms with Crippen molar-refractivity contribution in [2.75, 3.05) is 13.1 Å². The van der Waals surface area contributed by atoms with E-state index in [0.29, 0.717) is 12.5 Å². The molecule has 1 aromatic rings. The number of hydrogen-bond acceptors (Lipinski definition) is 4. The highest BCUT2D eigenvalue weighted by molar-refractivity contribution is 7.09. The van der Waals surface area contributed by atoms with Gasteiger partial charge in [-0.15, -0.1) is 11.3 Å². The molecule has 0 bridgehead atoms. The van der Waals surface area contributed by atoms with Gasteiger partial charge in [-0.1, -0.05) is 6.92 Å². The highest BCUT2D eigenvalue weighted by Gasteiger charge is 2.42. The third-order valence-electron chi connectivity index (χ3n) is 3.69. The first-order chi connectivity index (χ1) is 9.15. The number of nitrogens with one attached hydrogen (secondary N) is 1. The standard InChI is InChI=1S/C13H17N3O2S/c1-8(12-14-4-5-19-12)6-16-7-10(17)15-11(13(16)18)9-2-3-9/h4-5,8-9,11H,2-3,6-7H2,1H3,(H,15,17). The first-order valence-corrected chi connectivity index (χ1v) is 7.50. The molecule has 6 heteroatoms. The van der Waals surface area contributed by atoms with E-state index in [4.69, 9.17) is 0 Å². The van der Waals surface area contributed by atoms with Crippen molar-refractivity contribution in [2.24, 2.45) is 5.92 Å². The zero-order valence-electron chi connectivity index (χ0n) is 10.8. The van der Waals surface area contributed by atoms with E-state index in [1.807, 2.05) is 12.3 Å². The summed E-state index contributed by atoms with van der Waals surface area (Å²) in [7, 11) is 0. The Morgan fingerprint density at radius 2 is 2.32 bits per heavy atom. The van der Waals surface area contributed by atoms with Gasteiger partial charge in [-0.2, -0.15) is 0 Å². The van der Waals surface area contributed by atoms with Crippen LogP contribution in [-0.2, 0) is 9.59 Å². The van der Waals surface area contributed by atoms with E-state index in [2.05, 4.69) is 10.3 Å². The van der Waals surface area contributed by atoms with Crippen LogP contribution in [0.3, 0.4) is 0 Å². The normalized spacial score (nSPS) is 25.3. The minimum atomic E-state index is -0.287. The first kappa shape index (κ1) is 12.6. The molecule has 2 heterocycles. The van der Waals surface area contributed by atoms with Crippen LogP contribution >= 0.6 is 11.3 Å². The van der Waals surface area contributed by atoms with E-state index in [9.17, 15) is 9.59 Å². The summed E-state index contributed by atoms with van der Waals surface area (Å²) in [4.78, 5) is 30.0. The summed E-state index contributed by atoms with van der Waals surface area (Å²) in [5.74, 6) is 0.567. The Balaban J connectivity index is 1.68. The van der Waals surface area contributed by atoms with Crippen molar-refractivity contribution in [3.63, 3.8) is 0 Å². The number of hydrogen-bond donors (Lipinski definition) is 1. The largest absolute Gasteiger partial charge is 0.342 e. The van der Waals surface area contributed by atoms with Gasteiger partial charge >= 0.3 is 0 Å². The molecule has 1 saturated carbocycles. The number of piperazine rings is 1. The van der Waals surface area contributed by atoms with Crippen LogP contribution in [-0.4, -0.2) is 40.8 Å². The summed E-state index contributed by atoms with van der Waals surface area (Å²) in [6, 6.07) is -0.287. The smallest absolute Gasteiger partial charge is 0.245 e. The van der Waals surface area contributed by atoms with Gasteiger partial charge in [-0.3, -0.25) is 9.59 Å². The average Bonchev–Trinajstić information content (AvgIpc) is 3.07. The SMILES string of the molecule is CC(CN1CC(=O)NC(C2CC2)C1=O)c1nccs1. The average molecular weight is 279 g/mol. The van der Waals surface area contributed by atoms with Crippen LogP contribution in [0.25, 0.3) is 0 Å². The monoisotopic (exact) mass is 279 g/mol. The van der Waals surface area contributed by atoms with Crippen LogP contribution in [0.15, 0.2) is 11.6 Å². The van der Waals surface area contributed by atoms with Crippen LogP contribution in [0.1, 0.15) is 30.7 Å². The third kappa shape index (κ3) is 2.63. The number of thiazole rings is 1. The summed E-state index contributed by atoms with van der Waals surface area (Å²) < 4.78 is 0. The maximum atomic E-state index is 12.4. The molecule has 3 rings (SSSR count). The zero-order chi connectivity index (χ0) is 13.4. The number of rotatable bonds is 4. The van der Waals surface area contributed by atoms with Crippen LogP contribution in [0.5, 0.6) is 0 Å². The summed E-state index contributed by atoms with van der Waals surface area (Å²) in [6.07, 6.45) is 3.87. The lowest BCUT2D eigenvalue weighted by molar-refractivity contribution is -0.145. The van der Waals surface area contributed by atoms with Gasteiger partial charge in [0.2, 0.25) is 11.8 Å². The summed E-state index contributed by atoms with van der Waals surface area (Å²) in [5, 5.41) is 5.77. The van der Waals surface area contributed by atoms with Crippen molar-refractivity contribution in [2.45, 2.75) is 31.7 Å². The molecule has 0 aromatic carbocycles. The maximum Gasteiger partial charge on any atom is 0.245 e. The number of amides is 2. The summed E-state index contributed by atoms with van der Waals surface area (Å²) >= 11 is 1.59. The molecule has 2 aliphatic rings. The lowest BCUT2D eigenvalue weighted by atomic mass is 10.1. The minimum absolute atomic E-state index is 0.0390. The summed E-state index contributed by atoms with van der Waals surface area (Å²) in [5.41, 5.74) is 0. The van der Waals surface area contributed by atoms with Gasteiger partial charge in [-0.25, -0.2) is 4.98 Å². The molecule has 1 aliphatic heterocycles. The topological polar surface area (TPSA) is 62.3 Å². The summed E-state index contributed by atoms with van der Waals surface area (Å²) in [6.45, 7) is 2.80. The van der Waals surface area contributed by atoms with Crippen molar-refractivity contribution in [1.82, 2.24) is 15.2 Å². The fraction of sp³-hybridized carbons (Fsp3) is 0.615. The van der Waals surface area contributed by atoms with Crippen LogP contribution < -0.4 is 5.32 Å². The third-order valence-corrected chi connectivity index (χ3v) is 4.70. The van der Waals surface area contributed by atoms with E-state index >= 15 is 0 Å². The zero-order valence-corrected chi connectivity index (χ0v) is 11.7. The predicted molar refractivity (Wildman–Crippen MR) is 71.8 cm³/mol. The molecule has 1 aliphatic carbocycles. The van der Waals surface area contributed by atoms with E-state index in [0.717, 1.165) is 17.8 Å². The Kier molecular flexibility index (Phi) is 3.26. The second-order valence-electron chi connectivity index (χ2n) is 5.37. The van der Waals surface area contributed by atoms with Gasteiger partial charge in [0.25, 0.3) is 0 Å². The Labute approximate surface area is 116 Å². The van der Waals surface area contributed by atoms with E-state index in [-0.39, 0.29) is 30.3 Å². The molecule has 2 fully saturated rings. The Bertz CT molecular complexity index is 484. The highest BCUT2D eigenvalue weighted by atomic mass is 32.1. The first-order valence-electron chi connectivity index (χ1n) is 6.62. The number of carbonyl (C=O) groups excluding carboxylic acids is 2. The molecule has 1 aromatic heterocycles. The molecular weight excluding hydrogens is 262 g/mol. The van der Waals surface area contributed by atoms with Crippen molar-refractivity contribution in [1.29, 1.82) is 0 Å². The van der Waals surface area contributed by atoms with Gasteiger partial charge in [0.15, 0.2) is 0 Å². The van der Waals surface area contributed by atoms with Crippen molar-refractivity contribution < 1.29 is 9.59 Å². The number of nitrogens with zero attached hydrogens (tertiary/aromatic N) is 2. The van der Waals surface area contributed by atoms with Crippen LogP contribution in [0.2, 0.25) is 0 Å². The van der Waals surface area contributed by atoms with E-state index < -0.39 is 0 Å². The Hall–Kier alpha value is -1.43. The van der Waals surface area contributed by atoms with Gasteiger partial charge in [-0.05, 0) is 18.8 Å². The van der Waals surface area contributed by atoms with Gasteiger partial charge in [0.05, 0.1) is 11.6 Å². The molecule has 2 atom stereocenters. The van der Waals surface area contributed by atoms with Crippen LogP contribution in [0.4, 0.5) is 0 Å². The lowest BCUT2D eigenvalue weighted by Gasteiger charge is -2.33. The van der Waals surface area contributed by atoms with Gasteiger partial charge in [0, 0.05) is 24.0 Å². The molecular formula is C13H17N3O2S. The Morgan fingerprint density at radius 1 is 1.53 bits per heavy atom. The second kappa shape index (κ2) is 4.92. The fourth-order valence-corrected chi connectivity index (χ4v) is 3.21. The molecule has 0 spiro atoms. The minimum Gasteiger partial charge on any atom is -0.342 e. The van der Waals surface area contributed by atoms with Crippen molar-refractivity contribution >= 4 is 23.2 Å². The molecule has 2 unspecified atom stereocenters. The van der Waals surface area contributed by atoms with Crippen LogP contribution in [0, 0.1) is 5.92 Å². The Morgan fingerprint density at radius 3 is 2.95 bits per heavy atom. The molecule has 5 nitrogen and oxygen atoms in total. The highest BCUT2D eigenvalue weighted by Crippen LogP contribution is 2.34. The molecule has 19 heavy (non-hydrogen) atoms. The molecule has 2 amide bonds. The number of aromatic nitrogens is 1. The quantitative estimate of drug-likeness (QED) is 0.894. The predicted octanol–water partition coefficient (Wildman–Crippen LogP) is 0.984. The van der Waals surface area contributed by atoms with Gasteiger partial charge < -0.3 is 10.2 Å².